The number of anilines is 1. The van der Waals surface area contributed by atoms with E-state index in [1.54, 1.807) is 0 Å². The molecule has 0 aliphatic rings. The van der Waals surface area contributed by atoms with Crippen molar-refractivity contribution in [1.29, 1.82) is 0 Å². The number of nitrogens with zero attached hydrogens (tertiary/aromatic N) is 2. The van der Waals surface area contributed by atoms with E-state index < -0.39 is 0 Å². The van der Waals surface area contributed by atoms with Gasteiger partial charge in [-0.3, -0.25) is 0 Å². The van der Waals surface area contributed by atoms with E-state index in [-0.39, 0.29) is 0 Å². The molecule has 0 fully saturated rings. The molecule has 0 spiro atoms. The van der Waals surface area contributed by atoms with Crippen LogP contribution in [-0.4, -0.2) is 9.97 Å². The van der Waals surface area contributed by atoms with Crippen molar-refractivity contribution in [3.63, 3.8) is 0 Å². The fourth-order valence-electron chi connectivity index (χ4n) is 0.799. The highest BCUT2D eigenvalue weighted by atomic mass is 127. The summed E-state index contributed by atoms with van der Waals surface area (Å²) in [6, 6.07) is 0. The molecule has 0 unspecified atom stereocenters. The summed E-state index contributed by atoms with van der Waals surface area (Å²) in [6.07, 6.45) is 0.835. The van der Waals surface area contributed by atoms with Gasteiger partial charge in [0.15, 0.2) is 0 Å². The van der Waals surface area contributed by atoms with Crippen LogP contribution in [0.2, 0.25) is 0 Å². The Hall–Kier alpha value is -0.390. The molecular formula is C7H10IN3. The molecule has 1 aromatic heterocycles. The fourth-order valence-corrected chi connectivity index (χ4v) is 1.04. The number of nitrogens with two attached hydrogens (primary N) is 1. The highest BCUT2D eigenvalue weighted by Gasteiger charge is 2.03. The van der Waals surface area contributed by atoms with Gasteiger partial charge in [-0.05, 0) is 29.5 Å². The van der Waals surface area contributed by atoms with Crippen LogP contribution in [0.4, 0.5) is 5.82 Å². The maximum absolute atomic E-state index is 5.64. The third-order valence-electron chi connectivity index (χ3n) is 1.41. The Labute approximate surface area is 79.6 Å². The van der Waals surface area contributed by atoms with Crippen LogP contribution in [0.5, 0.6) is 0 Å². The lowest BCUT2D eigenvalue weighted by atomic mass is 10.4. The Morgan fingerprint density at radius 1 is 1.45 bits per heavy atom. The molecule has 0 aliphatic carbocycles. The maximum atomic E-state index is 5.64. The fraction of sp³-hybridized carbons (Fsp3) is 0.429. The summed E-state index contributed by atoms with van der Waals surface area (Å²) >= 11 is 2.15. The molecule has 0 aliphatic heterocycles. The third-order valence-corrected chi connectivity index (χ3v) is 2.74. The standard InChI is InChI=1S/C7H10IN3/c1-3-5-10-4(2)6(8)7(9)11-5/h3H2,1-2H3,(H2,9,10,11). The van der Waals surface area contributed by atoms with Crippen LogP contribution < -0.4 is 5.73 Å². The quantitative estimate of drug-likeness (QED) is 0.782. The molecule has 0 bridgehead atoms. The summed E-state index contributed by atoms with van der Waals surface area (Å²) in [5.74, 6) is 1.41. The smallest absolute Gasteiger partial charge is 0.140 e. The van der Waals surface area contributed by atoms with E-state index >= 15 is 0 Å². The average molecular weight is 263 g/mol. The lowest BCUT2D eigenvalue weighted by Gasteiger charge is -2.02. The van der Waals surface area contributed by atoms with Crippen LogP contribution in [-0.2, 0) is 6.42 Å². The molecule has 0 saturated heterocycles. The zero-order chi connectivity index (χ0) is 8.43. The van der Waals surface area contributed by atoms with E-state index in [0.29, 0.717) is 5.82 Å². The summed E-state index contributed by atoms with van der Waals surface area (Å²) in [5.41, 5.74) is 6.61. The van der Waals surface area contributed by atoms with Crippen molar-refractivity contribution in [2.24, 2.45) is 0 Å². The van der Waals surface area contributed by atoms with Gasteiger partial charge in [-0.25, -0.2) is 9.97 Å². The largest absolute Gasteiger partial charge is 0.383 e. The normalized spacial score (nSPS) is 10.1. The molecule has 0 amide bonds. The Morgan fingerprint density at radius 2 is 2.09 bits per heavy atom. The molecule has 0 saturated carbocycles. The van der Waals surface area contributed by atoms with Crippen LogP contribution in [0.15, 0.2) is 0 Å². The summed E-state index contributed by atoms with van der Waals surface area (Å²) < 4.78 is 0.958. The number of halogens is 1. The van der Waals surface area contributed by atoms with Crippen molar-refractivity contribution < 1.29 is 0 Å². The molecule has 3 nitrogen and oxygen atoms in total. The molecular weight excluding hydrogens is 253 g/mol. The maximum Gasteiger partial charge on any atom is 0.140 e. The van der Waals surface area contributed by atoms with Gasteiger partial charge in [-0.2, -0.15) is 0 Å². The molecule has 11 heavy (non-hydrogen) atoms. The van der Waals surface area contributed by atoms with E-state index in [0.717, 1.165) is 21.5 Å². The summed E-state index contributed by atoms with van der Waals surface area (Å²) in [4.78, 5) is 8.36. The Balaban J connectivity index is 3.21. The molecule has 0 atom stereocenters. The van der Waals surface area contributed by atoms with Gasteiger partial charge in [0.2, 0.25) is 0 Å². The average Bonchev–Trinajstić information content (AvgIpc) is 1.99. The number of hydrogen-bond acceptors (Lipinski definition) is 3. The third kappa shape index (κ3) is 1.79. The van der Waals surface area contributed by atoms with Gasteiger partial charge in [-0.1, -0.05) is 6.92 Å². The van der Waals surface area contributed by atoms with E-state index in [1.165, 1.54) is 0 Å². The minimum Gasteiger partial charge on any atom is -0.383 e. The molecule has 1 heterocycles. The van der Waals surface area contributed by atoms with Gasteiger partial charge in [-0.15, -0.1) is 0 Å². The Bertz CT molecular complexity index is 249. The Morgan fingerprint density at radius 3 is 2.55 bits per heavy atom. The topological polar surface area (TPSA) is 51.8 Å². The first-order valence-electron chi connectivity index (χ1n) is 3.43. The monoisotopic (exact) mass is 263 g/mol. The predicted molar refractivity (Wildman–Crippen MR) is 53.3 cm³/mol. The van der Waals surface area contributed by atoms with Crippen LogP contribution in [0.25, 0.3) is 0 Å². The lowest BCUT2D eigenvalue weighted by Crippen LogP contribution is -2.03. The zero-order valence-electron chi connectivity index (χ0n) is 6.56. The van der Waals surface area contributed by atoms with E-state index in [2.05, 4.69) is 32.6 Å². The zero-order valence-corrected chi connectivity index (χ0v) is 8.71. The van der Waals surface area contributed by atoms with Crippen LogP contribution in [0.1, 0.15) is 18.4 Å². The molecule has 0 radical (unpaired) electrons. The highest BCUT2D eigenvalue weighted by Crippen LogP contribution is 2.14. The van der Waals surface area contributed by atoms with Gasteiger partial charge >= 0.3 is 0 Å². The predicted octanol–water partition coefficient (Wildman–Crippen LogP) is 1.53. The summed E-state index contributed by atoms with van der Waals surface area (Å²) in [5, 5.41) is 0. The van der Waals surface area contributed by atoms with Crippen LogP contribution in [0, 0.1) is 10.5 Å². The summed E-state index contributed by atoms with van der Waals surface area (Å²) in [6.45, 7) is 3.96. The van der Waals surface area contributed by atoms with Crippen molar-refractivity contribution in [2.75, 3.05) is 5.73 Å². The number of nitrogen functional groups attached to an aromatic ring is 1. The number of rotatable bonds is 1. The van der Waals surface area contributed by atoms with Crippen molar-refractivity contribution in [1.82, 2.24) is 9.97 Å². The van der Waals surface area contributed by atoms with E-state index in [4.69, 9.17) is 5.73 Å². The first-order chi connectivity index (χ1) is 5.15. The van der Waals surface area contributed by atoms with Crippen molar-refractivity contribution in [3.05, 3.63) is 15.1 Å². The van der Waals surface area contributed by atoms with Gasteiger partial charge in [0.25, 0.3) is 0 Å². The first kappa shape index (κ1) is 8.70. The molecule has 1 rings (SSSR count). The second kappa shape index (κ2) is 3.34. The SMILES string of the molecule is CCc1nc(C)c(I)c(N)n1. The lowest BCUT2D eigenvalue weighted by molar-refractivity contribution is 0.916. The van der Waals surface area contributed by atoms with E-state index in [9.17, 15) is 0 Å². The van der Waals surface area contributed by atoms with E-state index in [1.807, 2.05) is 13.8 Å². The van der Waals surface area contributed by atoms with Crippen LogP contribution >= 0.6 is 22.6 Å². The molecule has 60 valence electrons. The number of hydrogen-bond donors (Lipinski definition) is 1. The second-order valence-electron chi connectivity index (χ2n) is 2.28. The highest BCUT2D eigenvalue weighted by molar-refractivity contribution is 14.1. The number of aryl methyl sites for hydroxylation is 2. The van der Waals surface area contributed by atoms with Crippen molar-refractivity contribution in [3.8, 4) is 0 Å². The first-order valence-corrected chi connectivity index (χ1v) is 4.51. The molecule has 1 aromatic rings. The van der Waals surface area contributed by atoms with Gasteiger partial charge in [0, 0.05) is 6.42 Å². The van der Waals surface area contributed by atoms with Gasteiger partial charge < -0.3 is 5.73 Å². The van der Waals surface area contributed by atoms with Gasteiger partial charge in [0.1, 0.15) is 11.6 Å². The summed E-state index contributed by atoms with van der Waals surface area (Å²) in [7, 11) is 0. The van der Waals surface area contributed by atoms with Gasteiger partial charge in [0.05, 0.1) is 9.26 Å². The second-order valence-corrected chi connectivity index (χ2v) is 3.36. The van der Waals surface area contributed by atoms with Crippen LogP contribution in [0.3, 0.4) is 0 Å². The molecule has 0 aromatic carbocycles. The minimum absolute atomic E-state index is 0.593. The number of aromatic nitrogens is 2. The minimum atomic E-state index is 0.593. The Kier molecular flexibility index (Phi) is 2.64. The van der Waals surface area contributed by atoms with Crippen molar-refractivity contribution in [2.45, 2.75) is 20.3 Å². The molecule has 4 heteroatoms. The molecule has 2 N–H and O–H groups in total. The van der Waals surface area contributed by atoms with Crippen molar-refractivity contribution >= 4 is 28.4 Å².